The highest BCUT2D eigenvalue weighted by Crippen LogP contribution is 2.34. The average Bonchev–Trinajstić information content (AvgIpc) is 3.49. The summed E-state index contributed by atoms with van der Waals surface area (Å²) in [5, 5.41) is 6.03. The standard InChI is InChI=1S/C26H26N2O6/c1-2-30-21-6-4-3-5-20(21)28-26(29)27-19(11-17-7-9-22-24(13-17)33-15-31-22)12-18-8-10-23-25(14-18)34-16-32-23/h3-10,13-14,19H,2,11-12,15-16H2,1H3,(H2,27,28,29). The number of urea groups is 1. The van der Waals surface area contributed by atoms with Crippen molar-refractivity contribution in [3.8, 4) is 28.7 Å². The Kier molecular flexibility index (Phi) is 6.29. The van der Waals surface area contributed by atoms with Gasteiger partial charge in [0, 0.05) is 6.04 Å². The number of anilines is 1. The molecule has 2 aliphatic heterocycles. The van der Waals surface area contributed by atoms with Crippen molar-refractivity contribution in [3.05, 3.63) is 71.8 Å². The summed E-state index contributed by atoms with van der Waals surface area (Å²) in [7, 11) is 0. The van der Waals surface area contributed by atoms with E-state index in [1.165, 1.54) is 0 Å². The van der Waals surface area contributed by atoms with Gasteiger partial charge in [0.05, 0.1) is 12.3 Å². The monoisotopic (exact) mass is 462 g/mol. The maximum atomic E-state index is 13.0. The fourth-order valence-electron chi connectivity index (χ4n) is 4.07. The minimum absolute atomic E-state index is 0.194. The zero-order valence-electron chi connectivity index (χ0n) is 18.8. The molecule has 176 valence electrons. The van der Waals surface area contributed by atoms with Crippen molar-refractivity contribution in [2.24, 2.45) is 0 Å². The van der Waals surface area contributed by atoms with Gasteiger partial charge in [0.25, 0.3) is 0 Å². The van der Waals surface area contributed by atoms with E-state index < -0.39 is 0 Å². The number of nitrogens with one attached hydrogen (secondary N) is 2. The summed E-state index contributed by atoms with van der Waals surface area (Å²) in [5.41, 5.74) is 2.68. The molecule has 2 amide bonds. The van der Waals surface area contributed by atoms with Gasteiger partial charge in [-0.1, -0.05) is 24.3 Å². The Labute approximate surface area is 197 Å². The van der Waals surface area contributed by atoms with Crippen LogP contribution >= 0.6 is 0 Å². The van der Waals surface area contributed by atoms with Crippen LogP contribution in [-0.2, 0) is 12.8 Å². The molecule has 8 nitrogen and oxygen atoms in total. The van der Waals surface area contributed by atoms with Gasteiger partial charge in [0.2, 0.25) is 13.6 Å². The summed E-state index contributed by atoms with van der Waals surface area (Å²) >= 11 is 0. The van der Waals surface area contributed by atoms with Crippen molar-refractivity contribution in [3.63, 3.8) is 0 Å². The Bertz CT molecular complexity index is 1120. The first-order valence-electron chi connectivity index (χ1n) is 11.2. The molecule has 2 aliphatic rings. The lowest BCUT2D eigenvalue weighted by molar-refractivity contribution is 0.173. The van der Waals surface area contributed by atoms with Crippen molar-refractivity contribution in [1.82, 2.24) is 5.32 Å². The summed E-state index contributed by atoms with van der Waals surface area (Å²) in [6.07, 6.45) is 1.21. The summed E-state index contributed by atoms with van der Waals surface area (Å²) in [5.74, 6) is 3.52. The van der Waals surface area contributed by atoms with E-state index in [0.29, 0.717) is 30.9 Å². The van der Waals surface area contributed by atoms with Gasteiger partial charge in [-0.15, -0.1) is 0 Å². The van der Waals surface area contributed by atoms with E-state index in [1.807, 2.05) is 67.6 Å². The second kappa shape index (κ2) is 9.82. The fourth-order valence-corrected chi connectivity index (χ4v) is 4.07. The van der Waals surface area contributed by atoms with Gasteiger partial charge >= 0.3 is 6.03 Å². The van der Waals surface area contributed by atoms with Crippen molar-refractivity contribution >= 4 is 11.7 Å². The highest BCUT2D eigenvalue weighted by Gasteiger charge is 2.20. The Balaban J connectivity index is 1.33. The third-order valence-electron chi connectivity index (χ3n) is 5.61. The SMILES string of the molecule is CCOc1ccccc1NC(=O)NC(Cc1ccc2c(c1)OCO2)Cc1ccc2c(c1)OCO2. The minimum Gasteiger partial charge on any atom is -0.492 e. The topological polar surface area (TPSA) is 87.3 Å². The predicted octanol–water partition coefficient (Wildman–Crippen LogP) is 4.52. The van der Waals surface area contributed by atoms with Crippen LogP contribution < -0.4 is 34.3 Å². The first kappa shape index (κ1) is 21.8. The highest BCUT2D eigenvalue weighted by atomic mass is 16.7. The average molecular weight is 463 g/mol. The Morgan fingerprint density at radius 2 is 1.44 bits per heavy atom. The number of hydrogen-bond donors (Lipinski definition) is 2. The van der Waals surface area contributed by atoms with Gasteiger partial charge in [-0.3, -0.25) is 0 Å². The molecule has 0 radical (unpaired) electrons. The lowest BCUT2D eigenvalue weighted by atomic mass is 9.98. The molecule has 34 heavy (non-hydrogen) atoms. The largest absolute Gasteiger partial charge is 0.492 e. The Hall–Kier alpha value is -4.07. The molecule has 3 aromatic rings. The van der Waals surface area contributed by atoms with E-state index >= 15 is 0 Å². The van der Waals surface area contributed by atoms with Crippen molar-refractivity contribution in [1.29, 1.82) is 0 Å². The number of amides is 2. The quantitative estimate of drug-likeness (QED) is 0.512. The minimum atomic E-state index is -0.307. The molecule has 2 heterocycles. The van der Waals surface area contributed by atoms with Crippen LogP contribution in [0.1, 0.15) is 18.1 Å². The Morgan fingerprint density at radius 3 is 2.06 bits per heavy atom. The molecule has 3 aromatic carbocycles. The van der Waals surface area contributed by atoms with Gasteiger partial charge in [0.15, 0.2) is 23.0 Å². The van der Waals surface area contributed by atoms with Gasteiger partial charge in [-0.05, 0) is 67.3 Å². The number of benzene rings is 3. The number of carbonyl (C=O) groups excluding carboxylic acids is 1. The molecule has 0 bridgehead atoms. The van der Waals surface area contributed by atoms with E-state index in [2.05, 4.69) is 10.6 Å². The summed E-state index contributed by atoms with van der Waals surface area (Å²) in [4.78, 5) is 13.0. The van der Waals surface area contributed by atoms with Crippen molar-refractivity contribution < 1.29 is 28.5 Å². The number of fused-ring (bicyclic) bond motifs is 2. The van der Waals surface area contributed by atoms with Crippen LogP contribution in [0, 0.1) is 0 Å². The molecule has 5 rings (SSSR count). The zero-order valence-corrected chi connectivity index (χ0v) is 18.8. The second-order valence-corrected chi connectivity index (χ2v) is 8.01. The van der Waals surface area contributed by atoms with E-state index in [-0.39, 0.29) is 25.7 Å². The number of hydrogen-bond acceptors (Lipinski definition) is 6. The van der Waals surface area contributed by atoms with E-state index in [0.717, 1.165) is 34.1 Å². The summed E-state index contributed by atoms with van der Waals surface area (Å²) in [6.45, 7) is 2.86. The van der Waals surface area contributed by atoms with Crippen LogP contribution in [0.2, 0.25) is 0 Å². The molecule has 0 atom stereocenters. The number of rotatable bonds is 8. The van der Waals surface area contributed by atoms with Gasteiger partial charge in [0.1, 0.15) is 5.75 Å². The highest BCUT2D eigenvalue weighted by molar-refractivity contribution is 5.91. The van der Waals surface area contributed by atoms with Crippen LogP contribution in [0.25, 0.3) is 0 Å². The maximum absolute atomic E-state index is 13.0. The van der Waals surface area contributed by atoms with Crippen molar-refractivity contribution in [2.45, 2.75) is 25.8 Å². The van der Waals surface area contributed by atoms with Gasteiger partial charge in [-0.25, -0.2) is 4.79 Å². The molecule has 0 saturated heterocycles. The molecule has 2 N–H and O–H groups in total. The third kappa shape index (κ3) is 4.96. The molecule has 8 heteroatoms. The summed E-state index contributed by atoms with van der Waals surface area (Å²) < 4.78 is 27.5. The molecule has 0 aromatic heterocycles. The molecule has 0 spiro atoms. The smallest absolute Gasteiger partial charge is 0.319 e. The first-order chi connectivity index (χ1) is 16.7. The van der Waals surface area contributed by atoms with Crippen LogP contribution in [0.5, 0.6) is 28.7 Å². The van der Waals surface area contributed by atoms with Crippen LogP contribution in [0.3, 0.4) is 0 Å². The predicted molar refractivity (Wildman–Crippen MR) is 126 cm³/mol. The van der Waals surface area contributed by atoms with Crippen LogP contribution in [0.4, 0.5) is 10.5 Å². The van der Waals surface area contributed by atoms with Crippen molar-refractivity contribution in [2.75, 3.05) is 25.5 Å². The molecule has 0 unspecified atom stereocenters. The first-order valence-corrected chi connectivity index (χ1v) is 11.2. The van der Waals surface area contributed by atoms with Crippen LogP contribution in [-0.4, -0.2) is 32.3 Å². The van der Waals surface area contributed by atoms with E-state index in [1.54, 1.807) is 0 Å². The lowest BCUT2D eigenvalue weighted by Gasteiger charge is -2.20. The molecular formula is C26H26N2O6. The van der Waals surface area contributed by atoms with Gasteiger partial charge in [-0.2, -0.15) is 0 Å². The fraction of sp³-hybridized carbons (Fsp3) is 0.269. The van der Waals surface area contributed by atoms with E-state index in [4.69, 9.17) is 23.7 Å². The maximum Gasteiger partial charge on any atom is 0.319 e. The number of para-hydroxylation sites is 2. The third-order valence-corrected chi connectivity index (χ3v) is 5.61. The zero-order chi connectivity index (χ0) is 23.3. The molecule has 0 saturated carbocycles. The molecule has 0 aliphatic carbocycles. The van der Waals surface area contributed by atoms with E-state index in [9.17, 15) is 4.79 Å². The molecular weight excluding hydrogens is 436 g/mol. The number of carbonyl (C=O) groups is 1. The Morgan fingerprint density at radius 1 is 0.853 bits per heavy atom. The van der Waals surface area contributed by atoms with Crippen LogP contribution in [0.15, 0.2) is 60.7 Å². The normalized spacial score (nSPS) is 13.1. The second-order valence-electron chi connectivity index (χ2n) is 8.01. The lowest BCUT2D eigenvalue weighted by Crippen LogP contribution is -2.40. The number of ether oxygens (including phenoxy) is 5. The van der Waals surface area contributed by atoms with Gasteiger partial charge < -0.3 is 34.3 Å². The molecule has 0 fully saturated rings. The summed E-state index contributed by atoms with van der Waals surface area (Å²) in [6, 6.07) is 18.6.